The molecule has 2 aromatic carbocycles. The van der Waals surface area contributed by atoms with Crippen LogP contribution in [0.5, 0.6) is 0 Å². The first-order valence-corrected chi connectivity index (χ1v) is 9.17. The van der Waals surface area contributed by atoms with Gasteiger partial charge in [0.1, 0.15) is 0 Å². The van der Waals surface area contributed by atoms with Gasteiger partial charge in [-0.1, -0.05) is 53.0 Å². The summed E-state index contributed by atoms with van der Waals surface area (Å²) in [5.41, 5.74) is 0.305. The lowest BCUT2D eigenvalue weighted by Gasteiger charge is -2.36. The molecule has 1 aliphatic heterocycles. The van der Waals surface area contributed by atoms with Crippen LogP contribution in [-0.4, -0.2) is 31.1 Å². The van der Waals surface area contributed by atoms with E-state index in [0.717, 1.165) is 19.2 Å². The minimum Gasteiger partial charge on any atom is -0.314 e. The molecule has 1 aliphatic rings. The standard InChI is InChI=1S/C18H16Cl3F3N2/c19-14-5-4-11(10-13(14)18(22,23)24)17(26-8-6-25-7-9-26)12-2-1-3-15(20)16(12)21/h1-5,10,17,25H,6-9H2. The maximum absolute atomic E-state index is 13.3. The largest absolute Gasteiger partial charge is 0.417 e. The van der Waals surface area contributed by atoms with Crippen LogP contribution in [0.4, 0.5) is 13.2 Å². The van der Waals surface area contributed by atoms with Crippen LogP contribution in [0.2, 0.25) is 15.1 Å². The number of benzene rings is 2. The monoisotopic (exact) mass is 422 g/mol. The van der Waals surface area contributed by atoms with Gasteiger partial charge in [-0.3, -0.25) is 4.90 Å². The second-order valence-corrected chi connectivity index (χ2v) is 7.26. The van der Waals surface area contributed by atoms with Crippen molar-refractivity contribution in [2.24, 2.45) is 0 Å². The number of alkyl halides is 3. The Morgan fingerprint density at radius 3 is 2.31 bits per heavy atom. The number of halogens is 6. The Hall–Kier alpha value is -0.980. The topological polar surface area (TPSA) is 15.3 Å². The summed E-state index contributed by atoms with van der Waals surface area (Å²) in [6, 6.07) is 8.76. The fourth-order valence-electron chi connectivity index (χ4n) is 3.19. The van der Waals surface area contributed by atoms with Gasteiger partial charge in [0.2, 0.25) is 0 Å². The number of rotatable bonds is 3. The SMILES string of the molecule is FC(F)(F)c1cc(C(c2cccc(Cl)c2Cl)N2CCNCC2)ccc1Cl. The highest BCUT2D eigenvalue weighted by Gasteiger charge is 2.35. The maximum atomic E-state index is 13.3. The van der Waals surface area contributed by atoms with Crippen molar-refractivity contribution in [2.75, 3.05) is 26.2 Å². The second kappa shape index (κ2) is 7.95. The van der Waals surface area contributed by atoms with Gasteiger partial charge in [0.15, 0.2) is 0 Å². The Morgan fingerprint density at radius 2 is 1.65 bits per heavy atom. The smallest absolute Gasteiger partial charge is 0.314 e. The molecule has 1 saturated heterocycles. The Morgan fingerprint density at radius 1 is 0.962 bits per heavy atom. The Bertz CT molecular complexity index is 790. The van der Waals surface area contributed by atoms with E-state index in [1.54, 1.807) is 24.3 Å². The third-order valence-electron chi connectivity index (χ3n) is 4.40. The predicted molar refractivity (Wildman–Crippen MR) is 99.2 cm³/mol. The van der Waals surface area contributed by atoms with Crippen molar-refractivity contribution >= 4 is 34.8 Å². The predicted octanol–water partition coefficient (Wildman–Crippen LogP) is 5.66. The highest BCUT2D eigenvalue weighted by molar-refractivity contribution is 6.42. The fraction of sp³-hybridized carbons (Fsp3) is 0.333. The van der Waals surface area contributed by atoms with E-state index in [4.69, 9.17) is 34.8 Å². The third kappa shape index (κ3) is 4.12. The zero-order chi connectivity index (χ0) is 18.9. The van der Waals surface area contributed by atoms with E-state index in [0.29, 0.717) is 34.3 Å². The van der Waals surface area contributed by atoms with E-state index >= 15 is 0 Å². The number of hydrogen-bond acceptors (Lipinski definition) is 2. The average Bonchev–Trinajstić information content (AvgIpc) is 2.60. The maximum Gasteiger partial charge on any atom is 0.417 e. The van der Waals surface area contributed by atoms with Crippen LogP contribution in [0.3, 0.4) is 0 Å². The van der Waals surface area contributed by atoms with E-state index in [9.17, 15) is 13.2 Å². The van der Waals surface area contributed by atoms with Gasteiger partial charge >= 0.3 is 6.18 Å². The van der Waals surface area contributed by atoms with Crippen molar-refractivity contribution in [3.8, 4) is 0 Å². The number of nitrogens with zero attached hydrogens (tertiary/aromatic N) is 1. The average molecular weight is 424 g/mol. The number of nitrogens with one attached hydrogen (secondary N) is 1. The van der Waals surface area contributed by atoms with Crippen molar-refractivity contribution in [3.05, 3.63) is 68.2 Å². The third-order valence-corrected chi connectivity index (χ3v) is 5.57. The first-order chi connectivity index (χ1) is 12.3. The van der Waals surface area contributed by atoms with Gasteiger partial charge in [-0.2, -0.15) is 13.2 Å². The van der Waals surface area contributed by atoms with Crippen molar-refractivity contribution < 1.29 is 13.2 Å². The molecule has 1 atom stereocenters. The Kier molecular flexibility index (Phi) is 6.04. The first-order valence-electron chi connectivity index (χ1n) is 8.04. The zero-order valence-corrected chi connectivity index (χ0v) is 15.9. The molecular weight excluding hydrogens is 408 g/mol. The molecule has 0 bridgehead atoms. The van der Waals surface area contributed by atoms with Crippen LogP contribution >= 0.6 is 34.8 Å². The van der Waals surface area contributed by atoms with Crippen molar-refractivity contribution in [3.63, 3.8) is 0 Å². The molecule has 140 valence electrons. The van der Waals surface area contributed by atoms with Crippen molar-refractivity contribution in [2.45, 2.75) is 12.2 Å². The number of hydrogen-bond donors (Lipinski definition) is 1. The van der Waals surface area contributed by atoms with Crippen LogP contribution in [0, 0.1) is 0 Å². The lowest BCUT2D eigenvalue weighted by Crippen LogP contribution is -2.45. The van der Waals surface area contributed by atoms with Crippen LogP contribution in [-0.2, 0) is 6.18 Å². The molecule has 0 aliphatic carbocycles. The Balaban J connectivity index is 2.13. The molecule has 2 aromatic rings. The summed E-state index contributed by atoms with van der Waals surface area (Å²) in [6.45, 7) is 2.85. The molecule has 0 aromatic heterocycles. The molecule has 26 heavy (non-hydrogen) atoms. The van der Waals surface area contributed by atoms with Gasteiger partial charge in [-0.15, -0.1) is 0 Å². The van der Waals surface area contributed by atoms with Gasteiger partial charge in [0.05, 0.1) is 26.7 Å². The van der Waals surface area contributed by atoms with Crippen molar-refractivity contribution in [1.29, 1.82) is 0 Å². The normalized spacial score (nSPS) is 17.3. The van der Waals surface area contributed by atoms with Crippen LogP contribution in [0.25, 0.3) is 0 Å². The highest BCUT2D eigenvalue weighted by atomic mass is 35.5. The molecule has 3 rings (SSSR count). The van der Waals surface area contributed by atoms with E-state index < -0.39 is 17.8 Å². The molecule has 1 fully saturated rings. The van der Waals surface area contributed by atoms with Gasteiger partial charge in [0, 0.05) is 26.2 Å². The molecule has 1 heterocycles. The van der Waals surface area contributed by atoms with Gasteiger partial charge in [-0.05, 0) is 29.3 Å². The summed E-state index contributed by atoms with van der Waals surface area (Å²) in [5, 5.41) is 3.64. The van der Waals surface area contributed by atoms with Gasteiger partial charge < -0.3 is 5.32 Å². The van der Waals surface area contributed by atoms with Crippen LogP contribution in [0.1, 0.15) is 22.7 Å². The lowest BCUT2D eigenvalue weighted by atomic mass is 9.94. The lowest BCUT2D eigenvalue weighted by molar-refractivity contribution is -0.137. The second-order valence-electron chi connectivity index (χ2n) is 6.07. The summed E-state index contributed by atoms with van der Waals surface area (Å²) in [5.74, 6) is 0. The summed E-state index contributed by atoms with van der Waals surface area (Å²) in [7, 11) is 0. The molecule has 8 heteroatoms. The molecule has 0 saturated carbocycles. The van der Waals surface area contributed by atoms with Gasteiger partial charge in [0.25, 0.3) is 0 Å². The fourth-order valence-corrected chi connectivity index (χ4v) is 3.83. The van der Waals surface area contributed by atoms with E-state index in [-0.39, 0.29) is 5.02 Å². The first kappa shape index (κ1) is 19.8. The quantitative estimate of drug-likeness (QED) is 0.685. The molecule has 2 nitrogen and oxygen atoms in total. The summed E-state index contributed by atoms with van der Waals surface area (Å²) < 4.78 is 40.0. The number of piperazine rings is 1. The zero-order valence-electron chi connectivity index (χ0n) is 13.6. The molecule has 0 amide bonds. The molecule has 1 unspecified atom stereocenters. The van der Waals surface area contributed by atoms with E-state index in [1.807, 2.05) is 0 Å². The van der Waals surface area contributed by atoms with Crippen molar-refractivity contribution in [1.82, 2.24) is 10.2 Å². The van der Waals surface area contributed by atoms with E-state index in [2.05, 4.69) is 10.2 Å². The van der Waals surface area contributed by atoms with Crippen LogP contribution in [0.15, 0.2) is 36.4 Å². The molecular formula is C18H16Cl3F3N2. The summed E-state index contributed by atoms with van der Waals surface area (Å²) in [6.07, 6.45) is -4.53. The summed E-state index contributed by atoms with van der Waals surface area (Å²) in [4.78, 5) is 2.09. The van der Waals surface area contributed by atoms with Crippen LogP contribution < -0.4 is 5.32 Å². The summed E-state index contributed by atoms with van der Waals surface area (Å²) >= 11 is 18.3. The Labute approximate surface area is 164 Å². The molecule has 1 N–H and O–H groups in total. The van der Waals surface area contributed by atoms with E-state index in [1.165, 1.54) is 6.07 Å². The minimum atomic E-state index is -4.53. The molecule has 0 spiro atoms. The highest BCUT2D eigenvalue weighted by Crippen LogP contribution is 2.41. The van der Waals surface area contributed by atoms with Gasteiger partial charge in [-0.25, -0.2) is 0 Å². The minimum absolute atomic E-state index is 0.322. The molecule has 0 radical (unpaired) electrons.